The summed E-state index contributed by atoms with van der Waals surface area (Å²) >= 11 is 0. The van der Waals surface area contributed by atoms with E-state index in [1.165, 1.54) is 6.92 Å². The van der Waals surface area contributed by atoms with Crippen molar-refractivity contribution in [2.24, 2.45) is 0 Å². The van der Waals surface area contributed by atoms with E-state index in [0.717, 1.165) is 24.5 Å². The van der Waals surface area contributed by atoms with Crippen LogP contribution < -0.4 is 4.72 Å². The van der Waals surface area contributed by atoms with E-state index < -0.39 is 21.8 Å². The second-order valence-corrected chi connectivity index (χ2v) is 5.15. The summed E-state index contributed by atoms with van der Waals surface area (Å²) in [5.41, 5.74) is -0.431. The van der Waals surface area contributed by atoms with Gasteiger partial charge in [0.2, 0.25) is 10.0 Å². The molecule has 0 spiro atoms. The minimum atomic E-state index is -4.42. The molecular weight excluding hydrogens is 243 g/mol. The number of halogens is 3. The van der Waals surface area contributed by atoms with Gasteiger partial charge in [-0.2, -0.15) is 13.2 Å². The Morgan fingerprint density at radius 1 is 1.25 bits per heavy atom. The van der Waals surface area contributed by atoms with Crippen molar-refractivity contribution in [3.63, 3.8) is 0 Å². The SMILES string of the molecule is Cc1cc(C(F)(F)F)ccc1NS(C)(=O)=O. The summed E-state index contributed by atoms with van der Waals surface area (Å²) in [6.07, 6.45) is -3.49. The lowest BCUT2D eigenvalue weighted by Crippen LogP contribution is -2.12. The van der Waals surface area contributed by atoms with Crippen molar-refractivity contribution in [1.82, 2.24) is 0 Å². The van der Waals surface area contributed by atoms with Gasteiger partial charge < -0.3 is 0 Å². The maximum Gasteiger partial charge on any atom is 0.416 e. The number of benzene rings is 1. The zero-order chi connectivity index (χ0) is 12.6. The molecule has 0 aliphatic rings. The first kappa shape index (κ1) is 12.8. The quantitative estimate of drug-likeness (QED) is 0.879. The molecule has 1 aromatic rings. The largest absolute Gasteiger partial charge is 0.416 e. The van der Waals surface area contributed by atoms with Crippen molar-refractivity contribution in [3.05, 3.63) is 29.3 Å². The molecule has 0 aliphatic heterocycles. The van der Waals surface area contributed by atoms with Gasteiger partial charge in [-0.1, -0.05) is 0 Å². The minimum Gasteiger partial charge on any atom is -0.284 e. The predicted octanol–water partition coefficient (Wildman–Crippen LogP) is 2.39. The Labute approximate surface area is 91.3 Å². The Balaban J connectivity index is 3.11. The van der Waals surface area contributed by atoms with Crippen LogP contribution in [0.1, 0.15) is 11.1 Å². The molecule has 0 saturated heterocycles. The molecule has 90 valence electrons. The fourth-order valence-corrected chi connectivity index (χ4v) is 1.78. The van der Waals surface area contributed by atoms with E-state index in [1.807, 2.05) is 0 Å². The number of hydrogen-bond donors (Lipinski definition) is 1. The van der Waals surface area contributed by atoms with E-state index in [2.05, 4.69) is 4.72 Å². The van der Waals surface area contributed by atoms with Crippen LogP contribution in [0.4, 0.5) is 18.9 Å². The van der Waals surface area contributed by atoms with Gasteiger partial charge in [0.05, 0.1) is 17.5 Å². The normalized spacial score (nSPS) is 12.6. The third-order valence-corrected chi connectivity index (χ3v) is 2.44. The van der Waals surface area contributed by atoms with E-state index in [-0.39, 0.29) is 11.3 Å². The zero-order valence-corrected chi connectivity index (χ0v) is 9.41. The maximum absolute atomic E-state index is 12.3. The maximum atomic E-state index is 12.3. The van der Waals surface area contributed by atoms with Crippen molar-refractivity contribution in [2.75, 3.05) is 11.0 Å². The van der Waals surface area contributed by atoms with Crippen LogP contribution in [-0.4, -0.2) is 14.7 Å². The standard InChI is InChI=1S/C9H10F3NO2S/c1-6-5-7(9(10,11)12)3-4-8(6)13-16(2,14)15/h3-5,13H,1-2H3. The highest BCUT2D eigenvalue weighted by molar-refractivity contribution is 7.92. The van der Waals surface area contributed by atoms with Crippen LogP contribution in [0.5, 0.6) is 0 Å². The smallest absolute Gasteiger partial charge is 0.284 e. The van der Waals surface area contributed by atoms with Crippen molar-refractivity contribution < 1.29 is 21.6 Å². The highest BCUT2D eigenvalue weighted by Gasteiger charge is 2.30. The molecule has 7 heteroatoms. The van der Waals surface area contributed by atoms with Gasteiger partial charge in [0.1, 0.15) is 0 Å². The van der Waals surface area contributed by atoms with Crippen molar-refractivity contribution >= 4 is 15.7 Å². The number of nitrogens with one attached hydrogen (secondary N) is 1. The van der Waals surface area contributed by atoms with E-state index in [0.29, 0.717) is 0 Å². The summed E-state index contributed by atoms with van der Waals surface area (Å²) in [5.74, 6) is 0. The Kier molecular flexibility index (Phi) is 3.18. The Morgan fingerprint density at radius 3 is 2.19 bits per heavy atom. The molecule has 0 atom stereocenters. The molecule has 1 aromatic carbocycles. The topological polar surface area (TPSA) is 46.2 Å². The van der Waals surface area contributed by atoms with Gasteiger partial charge in [0.25, 0.3) is 0 Å². The molecule has 0 bridgehead atoms. The molecule has 1 N–H and O–H groups in total. The second kappa shape index (κ2) is 3.97. The Bertz CT molecular complexity index is 494. The third-order valence-electron chi connectivity index (χ3n) is 1.85. The summed E-state index contributed by atoms with van der Waals surface area (Å²) in [6, 6.07) is 2.83. The van der Waals surface area contributed by atoms with Gasteiger partial charge in [0, 0.05) is 0 Å². The zero-order valence-electron chi connectivity index (χ0n) is 8.59. The molecule has 0 heterocycles. The lowest BCUT2D eigenvalue weighted by atomic mass is 10.1. The predicted molar refractivity (Wildman–Crippen MR) is 54.6 cm³/mol. The van der Waals surface area contributed by atoms with Crippen LogP contribution in [0.15, 0.2) is 18.2 Å². The second-order valence-electron chi connectivity index (χ2n) is 3.40. The van der Waals surface area contributed by atoms with Gasteiger partial charge in [-0.15, -0.1) is 0 Å². The summed E-state index contributed by atoms with van der Waals surface area (Å²) < 4.78 is 60.8. The summed E-state index contributed by atoms with van der Waals surface area (Å²) in [7, 11) is -3.48. The summed E-state index contributed by atoms with van der Waals surface area (Å²) in [4.78, 5) is 0. The molecular formula is C9H10F3NO2S. The number of alkyl halides is 3. The number of anilines is 1. The summed E-state index contributed by atoms with van der Waals surface area (Å²) in [6.45, 7) is 1.41. The number of sulfonamides is 1. The van der Waals surface area contributed by atoms with E-state index in [9.17, 15) is 21.6 Å². The van der Waals surface area contributed by atoms with Crippen LogP contribution >= 0.6 is 0 Å². The van der Waals surface area contributed by atoms with Crippen LogP contribution in [-0.2, 0) is 16.2 Å². The highest BCUT2D eigenvalue weighted by atomic mass is 32.2. The molecule has 16 heavy (non-hydrogen) atoms. The van der Waals surface area contributed by atoms with Crippen molar-refractivity contribution in [3.8, 4) is 0 Å². The minimum absolute atomic E-state index is 0.149. The van der Waals surface area contributed by atoms with E-state index in [4.69, 9.17) is 0 Å². The number of rotatable bonds is 2. The average molecular weight is 253 g/mol. The molecule has 0 aliphatic carbocycles. The molecule has 0 unspecified atom stereocenters. The summed E-state index contributed by atoms with van der Waals surface area (Å²) in [5, 5.41) is 0. The molecule has 0 saturated carbocycles. The van der Waals surface area contributed by atoms with Crippen LogP contribution in [0, 0.1) is 6.92 Å². The van der Waals surface area contributed by atoms with Crippen molar-refractivity contribution in [2.45, 2.75) is 13.1 Å². The average Bonchev–Trinajstić information content (AvgIpc) is 2.04. The lowest BCUT2D eigenvalue weighted by Gasteiger charge is -2.11. The molecule has 0 aromatic heterocycles. The van der Waals surface area contributed by atoms with Gasteiger partial charge in [-0.05, 0) is 30.7 Å². The van der Waals surface area contributed by atoms with Crippen LogP contribution in [0.2, 0.25) is 0 Å². The third kappa shape index (κ3) is 3.41. The first-order chi connectivity index (χ1) is 7.09. The number of aryl methyl sites for hydroxylation is 1. The molecule has 3 nitrogen and oxygen atoms in total. The molecule has 1 rings (SSSR count). The van der Waals surface area contributed by atoms with Crippen LogP contribution in [0.3, 0.4) is 0 Å². The Hall–Kier alpha value is -1.24. The van der Waals surface area contributed by atoms with Crippen molar-refractivity contribution in [1.29, 1.82) is 0 Å². The van der Waals surface area contributed by atoms with Gasteiger partial charge in [-0.25, -0.2) is 8.42 Å². The van der Waals surface area contributed by atoms with Gasteiger partial charge in [0.15, 0.2) is 0 Å². The monoisotopic (exact) mass is 253 g/mol. The first-order valence-electron chi connectivity index (χ1n) is 4.25. The van der Waals surface area contributed by atoms with E-state index >= 15 is 0 Å². The van der Waals surface area contributed by atoms with Gasteiger partial charge >= 0.3 is 6.18 Å². The Morgan fingerprint density at radius 2 is 1.81 bits per heavy atom. The fourth-order valence-electron chi connectivity index (χ4n) is 1.15. The highest BCUT2D eigenvalue weighted by Crippen LogP contribution is 2.31. The van der Waals surface area contributed by atoms with Gasteiger partial charge in [-0.3, -0.25) is 4.72 Å². The van der Waals surface area contributed by atoms with E-state index in [1.54, 1.807) is 0 Å². The molecule has 0 radical (unpaired) electrons. The first-order valence-corrected chi connectivity index (χ1v) is 6.14. The van der Waals surface area contributed by atoms with Crippen LogP contribution in [0.25, 0.3) is 0 Å². The lowest BCUT2D eigenvalue weighted by molar-refractivity contribution is -0.137. The fraction of sp³-hybridized carbons (Fsp3) is 0.333. The molecule has 0 fully saturated rings. The molecule has 0 amide bonds. The number of hydrogen-bond acceptors (Lipinski definition) is 2.